The molecule has 2 aromatic rings. The van der Waals surface area contributed by atoms with E-state index in [1.807, 2.05) is 19.9 Å². The van der Waals surface area contributed by atoms with Crippen molar-refractivity contribution in [3.8, 4) is 0 Å². The largest absolute Gasteiger partial charge is 0.327 e. The summed E-state index contributed by atoms with van der Waals surface area (Å²) in [6.45, 7) is 3.90. The molecule has 2 unspecified atom stereocenters. The van der Waals surface area contributed by atoms with Crippen LogP contribution in [0, 0.1) is 6.92 Å². The first-order valence-electron chi connectivity index (χ1n) is 5.01. The summed E-state index contributed by atoms with van der Waals surface area (Å²) in [7, 11) is 0. The lowest BCUT2D eigenvalue weighted by Gasteiger charge is -2.16. The molecule has 2 rings (SSSR count). The minimum absolute atomic E-state index is 0.0717. The van der Waals surface area contributed by atoms with Gasteiger partial charge in [0.1, 0.15) is 5.82 Å². The van der Waals surface area contributed by atoms with Crippen molar-refractivity contribution in [2.75, 3.05) is 0 Å². The molecule has 0 saturated carbocycles. The van der Waals surface area contributed by atoms with Gasteiger partial charge < -0.3 is 5.73 Å². The van der Waals surface area contributed by atoms with Crippen molar-refractivity contribution >= 4 is 23.1 Å². The van der Waals surface area contributed by atoms with Gasteiger partial charge in [-0.2, -0.15) is 0 Å². The lowest BCUT2D eigenvalue weighted by Crippen LogP contribution is -2.22. The number of hydrogen-bond acceptors (Lipinski definition) is 5. The molecule has 0 aliphatic heterocycles. The standard InChI is InChI=1S/C10H14N4S2/c1-6(11)9(8-4-3-5-15-8)16-10-12-7(2)13-14-10/h3-6,9H,11H2,1-2H3,(H,12,13,14). The quantitative estimate of drug-likeness (QED) is 0.822. The lowest BCUT2D eigenvalue weighted by molar-refractivity contribution is 0.726. The predicted molar refractivity (Wildman–Crippen MR) is 67.7 cm³/mol. The number of thioether (sulfide) groups is 1. The summed E-state index contributed by atoms with van der Waals surface area (Å²) < 4.78 is 0. The van der Waals surface area contributed by atoms with Crippen molar-refractivity contribution in [1.82, 2.24) is 15.2 Å². The van der Waals surface area contributed by atoms with Crippen molar-refractivity contribution < 1.29 is 0 Å². The number of hydrogen-bond donors (Lipinski definition) is 2. The number of rotatable bonds is 4. The van der Waals surface area contributed by atoms with Crippen LogP contribution in [0.15, 0.2) is 22.7 Å². The van der Waals surface area contributed by atoms with Crippen LogP contribution in [0.25, 0.3) is 0 Å². The summed E-state index contributed by atoms with van der Waals surface area (Å²) in [5.74, 6) is 0.831. The highest BCUT2D eigenvalue weighted by atomic mass is 32.2. The average molecular weight is 254 g/mol. The van der Waals surface area contributed by atoms with Gasteiger partial charge in [0.05, 0.1) is 5.25 Å². The fourth-order valence-electron chi connectivity index (χ4n) is 1.37. The SMILES string of the molecule is Cc1nc(SC(c2cccs2)C(C)N)n[nH]1. The molecule has 0 aliphatic rings. The molecule has 0 saturated heterocycles. The number of nitrogens with one attached hydrogen (secondary N) is 1. The van der Waals surface area contributed by atoms with E-state index in [1.165, 1.54) is 4.88 Å². The van der Waals surface area contributed by atoms with Crippen LogP contribution in [0.1, 0.15) is 22.9 Å². The molecule has 2 atom stereocenters. The second-order valence-electron chi connectivity index (χ2n) is 3.62. The molecule has 4 nitrogen and oxygen atoms in total. The van der Waals surface area contributed by atoms with E-state index in [0.29, 0.717) is 0 Å². The molecule has 2 aromatic heterocycles. The Morgan fingerprint density at radius 3 is 2.88 bits per heavy atom. The highest BCUT2D eigenvalue weighted by molar-refractivity contribution is 7.99. The van der Waals surface area contributed by atoms with Crippen LogP contribution in [-0.4, -0.2) is 21.2 Å². The fraction of sp³-hybridized carbons (Fsp3) is 0.400. The molecule has 86 valence electrons. The van der Waals surface area contributed by atoms with Gasteiger partial charge in [0.2, 0.25) is 5.16 Å². The maximum absolute atomic E-state index is 6.00. The third-order valence-corrected chi connectivity index (χ3v) is 4.55. The van der Waals surface area contributed by atoms with Gasteiger partial charge in [0.25, 0.3) is 0 Å². The third kappa shape index (κ3) is 2.63. The van der Waals surface area contributed by atoms with Crippen molar-refractivity contribution in [3.63, 3.8) is 0 Å². The first kappa shape index (κ1) is 11.6. The van der Waals surface area contributed by atoms with Gasteiger partial charge in [-0.15, -0.1) is 16.4 Å². The van der Waals surface area contributed by atoms with E-state index in [0.717, 1.165) is 11.0 Å². The van der Waals surface area contributed by atoms with E-state index in [-0.39, 0.29) is 11.3 Å². The summed E-state index contributed by atoms with van der Waals surface area (Å²) in [4.78, 5) is 5.55. The van der Waals surface area contributed by atoms with Crippen LogP contribution >= 0.6 is 23.1 Å². The first-order chi connectivity index (χ1) is 7.66. The highest BCUT2D eigenvalue weighted by Crippen LogP contribution is 2.37. The van der Waals surface area contributed by atoms with Gasteiger partial charge >= 0.3 is 0 Å². The number of thiophene rings is 1. The number of aryl methyl sites for hydroxylation is 1. The Labute approximate surface area is 103 Å². The Morgan fingerprint density at radius 2 is 2.38 bits per heavy atom. The molecule has 0 aliphatic carbocycles. The topological polar surface area (TPSA) is 67.6 Å². The minimum Gasteiger partial charge on any atom is -0.327 e. The zero-order chi connectivity index (χ0) is 11.5. The molecular formula is C10H14N4S2. The maximum atomic E-state index is 6.00. The molecule has 0 bridgehead atoms. The van der Waals surface area contributed by atoms with Crippen LogP contribution in [0.3, 0.4) is 0 Å². The van der Waals surface area contributed by atoms with Gasteiger partial charge in [0, 0.05) is 10.9 Å². The van der Waals surface area contributed by atoms with E-state index in [9.17, 15) is 0 Å². The van der Waals surface area contributed by atoms with Gasteiger partial charge in [0.15, 0.2) is 0 Å². The van der Waals surface area contributed by atoms with Gasteiger partial charge in [-0.1, -0.05) is 17.8 Å². The smallest absolute Gasteiger partial charge is 0.209 e. The molecule has 2 heterocycles. The number of aromatic nitrogens is 3. The van der Waals surface area contributed by atoms with Crippen molar-refractivity contribution in [3.05, 3.63) is 28.2 Å². The molecule has 3 N–H and O–H groups in total. The number of aromatic amines is 1. The maximum Gasteiger partial charge on any atom is 0.209 e. The Kier molecular flexibility index (Phi) is 3.63. The van der Waals surface area contributed by atoms with Crippen LogP contribution < -0.4 is 5.73 Å². The Hall–Kier alpha value is -0.850. The third-order valence-electron chi connectivity index (χ3n) is 2.11. The van der Waals surface area contributed by atoms with Gasteiger partial charge in [-0.3, -0.25) is 5.10 Å². The molecule has 0 fully saturated rings. The van der Waals surface area contributed by atoms with Gasteiger partial charge in [-0.05, 0) is 25.3 Å². The number of nitrogens with zero attached hydrogens (tertiary/aromatic N) is 2. The van der Waals surface area contributed by atoms with E-state index >= 15 is 0 Å². The molecule has 16 heavy (non-hydrogen) atoms. The summed E-state index contributed by atoms with van der Waals surface area (Å²) in [6, 6.07) is 4.21. The monoisotopic (exact) mass is 254 g/mol. The summed E-state index contributed by atoms with van der Waals surface area (Å²) >= 11 is 3.33. The van der Waals surface area contributed by atoms with E-state index in [2.05, 4.69) is 26.6 Å². The van der Waals surface area contributed by atoms with Gasteiger partial charge in [-0.25, -0.2) is 4.98 Å². The Balaban J connectivity index is 2.15. The van der Waals surface area contributed by atoms with Crippen LogP contribution in [0.2, 0.25) is 0 Å². The fourth-order valence-corrected chi connectivity index (χ4v) is 3.42. The molecule has 6 heteroatoms. The first-order valence-corrected chi connectivity index (χ1v) is 6.77. The molecule has 0 amide bonds. The predicted octanol–water partition coefficient (Wildman–Crippen LogP) is 2.36. The Morgan fingerprint density at radius 1 is 1.56 bits per heavy atom. The highest BCUT2D eigenvalue weighted by Gasteiger charge is 2.20. The van der Waals surface area contributed by atoms with Crippen LogP contribution in [0.4, 0.5) is 0 Å². The second kappa shape index (κ2) is 4.99. The van der Waals surface area contributed by atoms with Crippen molar-refractivity contribution in [1.29, 1.82) is 0 Å². The Bertz CT molecular complexity index is 435. The second-order valence-corrected chi connectivity index (χ2v) is 5.70. The molecular weight excluding hydrogens is 240 g/mol. The molecule has 0 radical (unpaired) electrons. The van der Waals surface area contributed by atoms with Crippen molar-refractivity contribution in [2.45, 2.75) is 30.3 Å². The molecule has 0 spiro atoms. The zero-order valence-electron chi connectivity index (χ0n) is 9.18. The number of nitrogens with two attached hydrogens (primary N) is 1. The normalized spacial score (nSPS) is 14.9. The minimum atomic E-state index is 0.0717. The average Bonchev–Trinajstić information content (AvgIpc) is 2.84. The summed E-state index contributed by atoms with van der Waals surface area (Å²) in [5.41, 5.74) is 6.00. The summed E-state index contributed by atoms with van der Waals surface area (Å²) in [6.07, 6.45) is 0. The van der Waals surface area contributed by atoms with Crippen LogP contribution in [-0.2, 0) is 0 Å². The van der Waals surface area contributed by atoms with Crippen molar-refractivity contribution in [2.24, 2.45) is 5.73 Å². The zero-order valence-corrected chi connectivity index (χ0v) is 10.8. The van der Waals surface area contributed by atoms with Crippen LogP contribution in [0.5, 0.6) is 0 Å². The van der Waals surface area contributed by atoms with E-state index in [1.54, 1.807) is 23.1 Å². The molecule has 0 aromatic carbocycles. The van der Waals surface area contributed by atoms with E-state index in [4.69, 9.17) is 5.73 Å². The summed E-state index contributed by atoms with van der Waals surface area (Å²) in [5, 5.41) is 10.0. The van der Waals surface area contributed by atoms with E-state index < -0.39 is 0 Å². The lowest BCUT2D eigenvalue weighted by atomic mass is 10.2. The number of H-pyrrole nitrogens is 1.